The fraction of sp³-hybridized carbons (Fsp3) is 0.400. The summed E-state index contributed by atoms with van der Waals surface area (Å²) < 4.78 is 6.03. The van der Waals surface area contributed by atoms with E-state index in [-0.39, 0.29) is 24.1 Å². The zero-order valence-electron chi connectivity index (χ0n) is 14.0. The first-order valence-electron chi connectivity index (χ1n) is 8.83. The predicted octanol–water partition coefficient (Wildman–Crippen LogP) is 3.88. The van der Waals surface area contributed by atoms with E-state index >= 15 is 0 Å². The normalized spacial score (nSPS) is 25.0. The molecule has 1 amide bonds. The SMILES string of the molecule is O=C(Cc1ccccc1Cl)N1C2CCC1CC(Oc1ccccn1)C2. The standard InChI is InChI=1S/C20H21ClN2O2/c21-18-6-2-1-5-14(18)11-20(24)23-15-8-9-16(23)13-17(12-15)25-19-7-3-4-10-22-19/h1-7,10,15-17H,8-9,11-13H2. The van der Waals surface area contributed by atoms with Gasteiger partial charge >= 0.3 is 0 Å². The van der Waals surface area contributed by atoms with Crippen molar-refractivity contribution in [2.75, 3.05) is 0 Å². The first kappa shape index (κ1) is 16.4. The number of rotatable bonds is 4. The molecule has 2 bridgehead atoms. The minimum atomic E-state index is 0.136. The van der Waals surface area contributed by atoms with Gasteiger partial charge in [0.15, 0.2) is 0 Å². The molecule has 2 saturated heterocycles. The first-order chi connectivity index (χ1) is 12.2. The number of carbonyl (C=O) groups is 1. The summed E-state index contributed by atoms with van der Waals surface area (Å²) >= 11 is 6.21. The first-order valence-corrected chi connectivity index (χ1v) is 9.21. The summed E-state index contributed by atoms with van der Waals surface area (Å²) in [7, 11) is 0. The van der Waals surface area contributed by atoms with Crippen molar-refractivity contribution in [2.24, 2.45) is 0 Å². The molecular weight excluding hydrogens is 336 g/mol. The molecule has 0 N–H and O–H groups in total. The summed E-state index contributed by atoms with van der Waals surface area (Å²) in [4.78, 5) is 19.2. The van der Waals surface area contributed by atoms with Gasteiger partial charge in [-0.25, -0.2) is 4.98 Å². The number of ether oxygens (including phenoxy) is 1. The lowest BCUT2D eigenvalue weighted by atomic mass is 9.98. The van der Waals surface area contributed by atoms with Gasteiger partial charge in [0.05, 0.1) is 6.42 Å². The van der Waals surface area contributed by atoms with Crippen molar-refractivity contribution < 1.29 is 9.53 Å². The molecule has 2 aliphatic rings. The maximum Gasteiger partial charge on any atom is 0.227 e. The average Bonchev–Trinajstić information content (AvgIpc) is 2.89. The van der Waals surface area contributed by atoms with Crippen molar-refractivity contribution in [3.05, 3.63) is 59.2 Å². The molecule has 0 spiro atoms. The van der Waals surface area contributed by atoms with Crippen LogP contribution in [-0.2, 0) is 11.2 Å². The van der Waals surface area contributed by atoms with Crippen LogP contribution in [0.25, 0.3) is 0 Å². The van der Waals surface area contributed by atoms with E-state index in [1.165, 1.54) is 0 Å². The second-order valence-corrected chi connectivity index (χ2v) is 7.24. The Bertz CT molecular complexity index is 738. The molecule has 0 radical (unpaired) electrons. The minimum Gasteiger partial charge on any atom is -0.474 e. The number of pyridine rings is 1. The van der Waals surface area contributed by atoms with E-state index in [4.69, 9.17) is 16.3 Å². The second kappa shape index (κ2) is 7.04. The van der Waals surface area contributed by atoms with E-state index < -0.39 is 0 Å². The molecule has 1 aromatic heterocycles. The van der Waals surface area contributed by atoms with Crippen LogP contribution in [-0.4, -0.2) is 34.0 Å². The lowest BCUT2D eigenvalue weighted by Gasteiger charge is -2.38. The number of aromatic nitrogens is 1. The molecule has 25 heavy (non-hydrogen) atoms. The molecule has 5 heteroatoms. The molecule has 1 aromatic carbocycles. The summed E-state index contributed by atoms with van der Waals surface area (Å²) in [5.74, 6) is 0.847. The van der Waals surface area contributed by atoms with Crippen LogP contribution in [0, 0.1) is 0 Å². The van der Waals surface area contributed by atoms with E-state index in [1.807, 2.05) is 42.5 Å². The fourth-order valence-corrected chi connectivity index (χ4v) is 4.32. The van der Waals surface area contributed by atoms with Crippen molar-refractivity contribution in [1.82, 2.24) is 9.88 Å². The highest BCUT2D eigenvalue weighted by Gasteiger charge is 2.43. The highest BCUT2D eigenvalue weighted by atomic mass is 35.5. The molecule has 2 atom stereocenters. The summed E-state index contributed by atoms with van der Waals surface area (Å²) in [6.45, 7) is 0. The molecular formula is C20H21ClN2O2. The van der Waals surface area contributed by atoms with Gasteiger partial charge in [-0.05, 0) is 30.5 Å². The number of hydrogen-bond donors (Lipinski definition) is 0. The average molecular weight is 357 g/mol. The molecule has 4 nitrogen and oxygen atoms in total. The number of halogens is 1. The molecule has 0 aliphatic carbocycles. The van der Waals surface area contributed by atoms with Gasteiger partial charge in [-0.1, -0.05) is 35.9 Å². The maximum absolute atomic E-state index is 12.9. The lowest BCUT2D eigenvalue weighted by molar-refractivity contribution is -0.136. The number of piperidine rings is 1. The van der Waals surface area contributed by atoms with Gasteiger partial charge < -0.3 is 9.64 Å². The van der Waals surface area contributed by atoms with Gasteiger partial charge in [0.1, 0.15) is 6.10 Å². The van der Waals surface area contributed by atoms with Crippen molar-refractivity contribution in [2.45, 2.75) is 50.3 Å². The van der Waals surface area contributed by atoms with Crippen molar-refractivity contribution in [3.8, 4) is 5.88 Å². The van der Waals surface area contributed by atoms with E-state index in [0.29, 0.717) is 17.3 Å². The van der Waals surface area contributed by atoms with Crippen LogP contribution in [0.15, 0.2) is 48.7 Å². The number of amides is 1. The van der Waals surface area contributed by atoms with E-state index in [9.17, 15) is 4.79 Å². The third-order valence-corrected chi connectivity index (χ3v) is 5.57. The molecule has 3 heterocycles. The Hall–Kier alpha value is -2.07. The number of carbonyl (C=O) groups excluding carboxylic acids is 1. The number of hydrogen-bond acceptors (Lipinski definition) is 3. The summed E-state index contributed by atoms with van der Waals surface area (Å²) in [5, 5.41) is 0.663. The molecule has 2 aromatic rings. The molecule has 2 unspecified atom stereocenters. The zero-order chi connectivity index (χ0) is 17.2. The second-order valence-electron chi connectivity index (χ2n) is 6.83. The van der Waals surface area contributed by atoms with Gasteiger partial charge in [0.25, 0.3) is 0 Å². The third-order valence-electron chi connectivity index (χ3n) is 5.20. The van der Waals surface area contributed by atoms with Gasteiger partial charge in [-0.2, -0.15) is 0 Å². The molecule has 2 fully saturated rings. The largest absolute Gasteiger partial charge is 0.474 e. The van der Waals surface area contributed by atoms with Crippen LogP contribution in [0.3, 0.4) is 0 Å². The fourth-order valence-electron chi connectivity index (χ4n) is 4.11. The van der Waals surface area contributed by atoms with Crippen LogP contribution in [0.5, 0.6) is 5.88 Å². The number of nitrogens with zero attached hydrogens (tertiary/aromatic N) is 2. The van der Waals surface area contributed by atoms with Crippen molar-refractivity contribution >= 4 is 17.5 Å². The van der Waals surface area contributed by atoms with Crippen molar-refractivity contribution in [1.29, 1.82) is 0 Å². The Morgan fingerprint density at radius 3 is 2.52 bits per heavy atom. The Morgan fingerprint density at radius 2 is 1.84 bits per heavy atom. The van der Waals surface area contributed by atoms with Crippen LogP contribution < -0.4 is 4.74 Å². The van der Waals surface area contributed by atoms with Gasteiger partial charge in [-0.3, -0.25) is 4.79 Å². The molecule has 0 saturated carbocycles. The van der Waals surface area contributed by atoms with Gasteiger partial charge in [0.2, 0.25) is 11.8 Å². The lowest BCUT2D eigenvalue weighted by Crippen LogP contribution is -2.49. The third kappa shape index (κ3) is 3.49. The van der Waals surface area contributed by atoms with E-state index in [1.54, 1.807) is 6.20 Å². The van der Waals surface area contributed by atoms with Gasteiger partial charge in [-0.15, -0.1) is 0 Å². The van der Waals surface area contributed by atoms with Crippen molar-refractivity contribution in [3.63, 3.8) is 0 Å². The Kier molecular flexibility index (Phi) is 4.62. The topological polar surface area (TPSA) is 42.4 Å². The van der Waals surface area contributed by atoms with Crippen LogP contribution >= 0.6 is 11.6 Å². The smallest absolute Gasteiger partial charge is 0.227 e. The Morgan fingerprint density at radius 1 is 1.12 bits per heavy atom. The maximum atomic E-state index is 12.9. The predicted molar refractivity (Wildman–Crippen MR) is 96.7 cm³/mol. The summed E-state index contributed by atoms with van der Waals surface area (Å²) in [6, 6.07) is 13.8. The minimum absolute atomic E-state index is 0.136. The van der Waals surface area contributed by atoms with E-state index in [0.717, 1.165) is 31.2 Å². The monoisotopic (exact) mass is 356 g/mol. The quantitative estimate of drug-likeness (QED) is 0.835. The summed E-state index contributed by atoms with van der Waals surface area (Å²) in [5.41, 5.74) is 0.903. The Balaban J connectivity index is 1.42. The highest BCUT2D eigenvalue weighted by Crippen LogP contribution is 2.37. The number of benzene rings is 1. The summed E-state index contributed by atoms with van der Waals surface area (Å²) in [6.07, 6.45) is 6.12. The van der Waals surface area contributed by atoms with Crippen LogP contribution in [0.4, 0.5) is 0 Å². The zero-order valence-corrected chi connectivity index (χ0v) is 14.7. The number of fused-ring (bicyclic) bond motifs is 2. The van der Waals surface area contributed by atoms with Crippen LogP contribution in [0.1, 0.15) is 31.2 Å². The molecule has 130 valence electrons. The Labute approximate surface area is 152 Å². The van der Waals surface area contributed by atoms with Crippen LogP contribution in [0.2, 0.25) is 5.02 Å². The highest BCUT2D eigenvalue weighted by molar-refractivity contribution is 6.31. The molecule has 4 rings (SSSR count). The van der Waals surface area contributed by atoms with E-state index in [2.05, 4.69) is 9.88 Å². The van der Waals surface area contributed by atoms with Gasteiger partial charge in [0, 0.05) is 42.2 Å². The molecule has 2 aliphatic heterocycles.